The molecule has 2 aromatic rings. The number of ether oxygens (including phenoxy) is 2. The van der Waals surface area contributed by atoms with Crippen molar-refractivity contribution in [2.45, 2.75) is 141 Å². The second-order valence-electron chi connectivity index (χ2n) is 17.4. The molecule has 2 aliphatic heterocycles. The number of aromatic nitrogens is 4. The Hall–Kier alpha value is -2.44. The number of aryl methyl sites for hydroxylation is 2. The first-order valence-corrected chi connectivity index (χ1v) is 26.2. The number of hydrogen-bond donors (Lipinski definition) is 3. The summed E-state index contributed by atoms with van der Waals surface area (Å²) in [6, 6.07) is 0. The summed E-state index contributed by atoms with van der Waals surface area (Å²) in [5.74, 6) is 1.68. The van der Waals surface area contributed by atoms with Crippen LogP contribution in [-0.4, -0.2) is 85.2 Å². The van der Waals surface area contributed by atoms with Crippen molar-refractivity contribution in [1.82, 2.24) is 19.1 Å². The monoisotopic (exact) mass is 784 g/mol. The molecule has 17 heteroatoms. The maximum atomic E-state index is 12.4. The predicted octanol–water partition coefficient (Wildman–Crippen LogP) is 5.17. The maximum absolute atomic E-state index is 12.4. The quantitative estimate of drug-likeness (QED) is 0.226. The summed E-state index contributed by atoms with van der Waals surface area (Å²) >= 11 is 0. The summed E-state index contributed by atoms with van der Waals surface area (Å²) in [7, 11) is -6.53. The lowest BCUT2D eigenvalue weighted by atomic mass is 10.2. The van der Waals surface area contributed by atoms with E-state index in [1.165, 1.54) is 21.5 Å². The number of nitrogens with one attached hydrogen (secondary N) is 2. The summed E-state index contributed by atoms with van der Waals surface area (Å²) in [5, 5.41) is 9.47. The molecule has 0 spiro atoms. The van der Waals surface area contributed by atoms with E-state index in [-0.39, 0.29) is 41.1 Å². The summed E-state index contributed by atoms with van der Waals surface area (Å²) in [6.07, 6.45) is 3.19. The summed E-state index contributed by atoms with van der Waals surface area (Å²) in [5.41, 5.74) is -1.01. The topological polar surface area (TPSA) is 184 Å². The van der Waals surface area contributed by atoms with Crippen LogP contribution >= 0.6 is 7.14 Å². The van der Waals surface area contributed by atoms with Crippen LogP contribution in [0.1, 0.15) is 78.0 Å². The highest BCUT2D eigenvalue weighted by Crippen LogP contribution is 2.44. The normalized spacial score (nSPS) is 24.7. The van der Waals surface area contributed by atoms with Crippen LogP contribution < -0.4 is 22.5 Å². The molecule has 6 atom stereocenters. The number of hydrogen-bond acceptors (Lipinski definition) is 10. The van der Waals surface area contributed by atoms with Gasteiger partial charge < -0.3 is 28.0 Å². The minimum absolute atomic E-state index is 0.000104. The second kappa shape index (κ2) is 16.1. The van der Waals surface area contributed by atoms with Crippen molar-refractivity contribution in [1.29, 1.82) is 0 Å². The van der Waals surface area contributed by atoms with E-state index in [1.807, 2.05) is 0 Å². The Balaban J connectivity index is 0.000000284. The third kappa shape index (κ3) is 10.8. The highest BCUT2D eigenvalue weighted by Gasteiger charge is 2.47. The average Bonchev–Trinajstić information content (AvgIpc) is 3.57. The fraction of sp³-hybridized carbons (Fsp3) is 0.714. The Morgan fingerprint density at radius 3 is 1.60 bits per heavy atom. The van der Waals surface area contributed by atoms with Crippen molar-refractivity contribution in [3.8, 4) is 0 Å². The zero-order valence-corrected chi connectivity index (χ0v) is 36.3. The Kier molecular flexibility index (Phi) is 13.6. The molecule has 294 valence electrons. The smallest absolute Gasteiger partial charge is 0.330 e. The van der Waals surface area contributed by atoms with Gasteiger partial charge in [-0.05, 0) is 69.3 Å². The van der Waals surface area contributed by atoms with Crippen molar-refractivity contribution in [2.75, 3.05) is 19.9 Å². The van der Waals surface area contributed by atoms with Gasteiger partial charge in [-0.15, -0.1) is 0 Å². The zero-order chi connectivity index (χ0) is 39.8. The van der Waals surface area contributed by atoms with E-state index in [1.54, 1.807) is 39.1 Å². The zero-order valence-electron chi connectivity index (χ0n) is 33.4. The molecule has 0 bridgehead atoms. The van der Waals surface area contributed by atoms with E-state index in [0.717, 1.165) is 0 Å². The number of aliphatic hydroxyl groups is 1. The first-order chi connectivity index (χ1) is 23.6. The van der Waals surface area contributed by atoms with Gasteiger partial charge in [-0.2, -0.15) is 0 Å². The maximum Gasteiger partial charge on any atom is 0.330 e. The van der Waals surface area contributed by atoms with Crippen LogP contribution in [0.15, 0.2) is 43.5 Å². The summed E-state index contributed by atoms with van der Waals surface area (Å²) < 4.78 is 39.8. The highest BCUT2D eigenvalue weighted by molar-refractivity contribution is 7.65. The molecule has 4 rings (SSSR count). The lowest BCUT2D eigenvalue weighted by molar-refractivity contribution is -0.0504. The van der Waals surface area contributed by atoms with E-state index < -0.39 is 58.7 Å². The fourth-order valence-electron chi connectivity index (χ4n) is 5.29. The van der Waals surface area contributed by atoms with Crippen molar-refractivity contribution in [3.05, 3.63) is 77.1 Å². The minimum Gasteiger partial charge on any atom is -0.409 e. The third-order valence-corrected chi connectivity index (χ3v) is 20.3. The molecule has 2 aliphatic rings. The van der Waals surface area contributed by atoms with Crippen LogP contribution in [0.3, 0.4) is 0 Å². The highest BCUT2D eigenvalue weighted by atomic mass is 31.2. The lowest BCUT2D eigenvalue weighted by Gasteiger charge is -2.39. The Bertz CT molecular complexity index is 1880. The van der Waals surface area contributed by atoms with Gasteiger partial charge in [-0.25, -0.2) is 9.59 Å². The third-order valence-electron chi connectivity index (χ3n) is 10.4. The lowest BCUT2D eigenvalue weighted by Crippen LogP contribution is -2.46. The van der Waals surface area contributed by atoms with E-state index >= 15 is 0 Å². The minimum atomic E-state index is -2.33. The van der Waals surface area contributed by atoms with Gasteiger partial charge in [0.05, 0.1) is 31.0 Å². The van der Waals surface area contributed by atoms with E-state index in [0.29, 0.717) is 24.0 Å². The van der Waals surface area contributed by atoms with Gasteiger partial charge in [0.15, 0.2) is 29.1 Å². The molecule has 0 aliphatic carbocycles. The predicted molar refractivity (Wildman–Crippen MR) is 209 cm³/mol. The molecule has 0 saturated carbocycles. The van der Waals surface area contributed by atoms with Crippen LogP contribution in [0.5, 0.6) is 0 Å². The second-order valence-corrected chi connectivity index (χ2v) is 30.1. The number of H-pyrrole nitrogens is 2. The van der Waals surface area contributed by atoms with Gasteiger partial charge in [-0.1, -0.05) is 47.6 Å². The van der Waals surface area contributed by atoms with Crippen LogP contribution in [-0.2, 0) is 22.9 Å². The van der Waals surface area contributed by atoms with Crippen molar-refractivity contribution in [2.24, 2.45) is 0 Å². The first kappa shape index (κ1) is 44.0. The molecule has 0 aromatic carbocycles. The van der Waals surface area contributed by atoms with Gasteiger partial charge in [-0.3, -0.25) is 28.7 Å². The number of nitrogens with zero attached hydrogens (tertiary/aromatic N) is 2. The SMILES string of the molecule is Cc1cn([C@@H]2O[C@H](/C=C/P(C)(C)=O)CC2O[Si](C)(C)C(C)(C)C)c(=O)[nH]c1=O.Cc1cn([C@@H]2O[C@H](CO)CC2O[Si](C)(C)C(C)(C)C)c(=O)[nH]c1=O. The molecule has 2 fully saturated rings. The van der Waals surface area contributed by atoms with Crippen molar-refractivity contribution >= 4 is 23.8 Å². The van der Waals surface area contributed by atoms with Crippen LogP contribution in [0.25, 0.3) is 0 Å². The molecular weight excluding hydrogens is 724 g/mol. The molecule has 0 radical (unpaired) electrons. The molecule has 14 nitrogen and oxygen atoms in total. The Morgan fingerprint density at radius 2 is 1.21 bits per heavy atom. The first-order valence-electron chi connectivity index (χ1n) is 17.7. The van der Waals surface area contributed by atoms with E-state index in [2.05, 4.69) is 77.7 Å². The van der Waals surface area contributed by atoms with Crippen LogP contribution in [0.2, 0.25) is 36.3 Å². The average molecular weight is 785 g/mol. The molecular formula is C35H61N4O10PSi2. The van der Waals surface area contributed by atoms with E-state index in [4.69, 9.17) is 18.3 Å². The number of rotatable bonds is 9. The van der Waals surface area contributed by atoms with Crippen molar-refractivity contribution in [3.63, 3.8) is 0 Å². The molecule has 2 aromatic heterocycles. The van der Waals surface area contributed by atoms with Crippen molar-refractivity contribution < 1.29 is 28.0 Å². The van der Waals surface area contributed by atoms with E-state index in [9.17, 15) is 28.8 Å². The summed E-state index contributed by atoms with van der Waals surface area (Å²) in [6.45, 7) is 28.0. The molecule has 2 saturated heterocycles. The van der Waals surface area contributed by atoms with Gasteiger partial charge in [0.2, 0.25) is 0 Å². The van der Waals surface area contributed by atoms with Crippen LogP contribution in [0, 0.1) is 13.8 Å². The molecule has 0 amide bonds. The van der Waals surface area contributed by atoms with Gasteiger partial charge in [0, 0.05) is 36.4 Å². The van der Waals surface area contributed by atoms with Crippen LogP contribution in [0.4, 0.5) is 0 Å². The Morgan fingerprint density at radius 1 is 0.808 bits per heavy atom. The summed E-state index contributed by atoms with van der Waals surface area (Å²) in [4.78, 5) is 52.6. The number of aliphatic hydroxyl groups excluding tert-OH is 1. The van der Waals surface area contributed by atoms with Gasteiger partial charge in [0.1, 0.15) is 7.14 Å². The number of aromatic amines is 2. The molecule has 2 unspecified atom stereocenters. The Labute approximate surface area is 308 Å². The molecule has 3 N–H and O–H groups in total. The van der Waals surface area contributed by atoms with Gasteiger partial charge in [0.25, 0.3) is 11.1 Å². The molecule has 52 heavy (non-hydrogen) atoms. The van der Waals surface area contributed by atoms with Gasteiger partial charge >= 0.3 is 11.4 Å². The fourth-order valence-corrected chi connectivity index (χ4v) is 8.54. The standard InChI is InChI=1S/C19H33N2O5PSi.C16H28N2O5Si/c1-13-12-21(18(23)20-16(13)22)17-15(26-28(7,8)19(2,3)4)11-14(25-17)9-10-27(5,6)24;1-10-8-18(15(21)17-13(10)20)14-12(7-11(9-19)22-14)23-24(5,6)16(2,3)4/h9-10,12,14-15,17H,11H2,1-8H3,(H,20,22,23);8,11-12,14,19H,7,9H2,1-6H3,(H,17,20,21)/b10-9+;/t14-,15?,17-;11-,12?,14+/m10/s1. The molecule has 4 heterocycles. The largest absolute Gasteiger partial charge is 0.409 e.